The average molecular weight is 590 g/mol. The first-order chi connectivity index (χ1) is 22.8. The number of furan rings is 1. The summed E-state index contributed by atoms with van der Waals surface area (Å²) in [5.41, 5.74) is 14.1. The van der Waals surface area contributed by atoms with E-state index >= 15 is 0 Å². The highest BCUT2D eigenvalue weighted by Crippen LogP contribution is 2.55. The normalized spacial score (nSPS) is 15.7. The lowest BCUT2D eigenvalue weighted by molar-refractivity contribution is 0.259. The molecule has 46 heavy (non-hydrogen) atoms. The summed E-state index contributed by atoms with van der Waals surface area (Å²) in [6.45, 7) is 0. The molecule has 0 saturated carbocycles. The Labute approximate surface area is 265 Å². The fourth-order valence-corrected chi connectivity index (χ4v) is 8.18. The molecule has 1 atom stereocenters. The summed E-state index contributed by atoms with van der Waals surface area (Å²) < 4.78 is 13.1. The van der Waals surface area contributed by atoms with E-state index < -0.39 is 0 Å². The van der Waals surface area contributed by atoms with Gasteiger partial charge in [0, 0.05) is 27.5 Å². The minimum absolute atomic E-state index is 0.229. The van der Waals surface area contributed by atoms with Gasteiger partial charge in [-0.15, -0.1) is 0 Å². The lowest BCUT2D eigenvalue weighted by atomic mass is 9.89. The minimum atomic E-state index is -0.229. The van der Waals surface area contributed by atoms with Crippen molar-refractivity contribution in [1.82, 2.24) is 0 Å². The van der Waals surface area contributed by atoms with E-state index in [0.29, 0.717) is 0 Å². The highest BCUT2D eigenvalue weighted by Gasteiger charge is 2.30. The Bertz CT molecular complexity index is 2650. The van der Waals surface area contributed by atoms with Crippen LogP contribution in [0, 0.1) is 0 Å². The Morgan fingerprint density at radius 1 is 0.630 bits per heavy atom. The molecule has 1 aromatic heterocycles. The van der Waals surface area contributed by atoms with Crippen LogP contribution >= 0.6 is 0 Å². The van der Waals surface area contributed by atoms with Crippen molar-refractivity contribution in [2.24, 2.45) is 0 Å². The second-order valence-electron chi connectivity index (χ2n) is 12.8. The standard InChI is InChI=1S/C43H27NO2/c1-2-10-30-25(7-1)19-20-35-42(30)46-43(44-35)28-18-16-24-15-17-27(21-29(24)22-28)34-23-37-40(31-11-3-4-14-36(31)45-37)41-33-13-6-9-26-8-5-12-32(38(26)33)39(34)41/h2-6,8-23,43-44H,1,7H2. The molecule has 1 N–H and O–H groups in total. The molecule has 0 bridgehead atoms. The fraction of sp³-hybridized carbons (Fsp3) is 0.0698. The number of hydrogen-bond acceptors (Lipinski definition) is 3. The first-order valence-electron chi connectivity index (χ1n) is 16.1. The van der Waals surface area contributed by atoms with Crippen molar-refractivity contribution in [1.29, 1.82) is 0 Å². The van der Waals surface area contributed by atoms with Gasteiger partial charge in [0.1, 0.15) is 11.2 Å². The van der Waals surface area contributed by atoms with Crippen LogP contribution < -0.4 is 10.1 Å². The molecule has 2 heterocycles. The van der Waals surface area contributed by atoms with Gasteiger partial charge in [0.2, 0.25) is 0 Å². The van der Waals surface area contributed by atoms with Gasteiger partial charge in [0.25, 0.3) is 0 Å². The Morgan fingerprint density at radius 3 is 2.43 bits per heavy atom. The summed E-state index contributed by atoms with van der Waals surface area (Å²) in [6.07, 6.45) is 6.38. The quantitative estimate of drug-likeness (QED) is 0.218. The summed E-state index contributed by atoms with van der Waals surface area (Å²) in [6, 6.07) is 41.9. The zero-order valence-electron chi connectivity index (χ0n) is 24.9. The third-order valence-electron chi connectivity index (χ3n) is 10.3. The molecule has 11 rings (SSSR count). The zero-order chi connectivity index (χ0) is 29.9. The minimum Gasteiger partial charge on any atom is -0.464 e. The molecular weight excluding hydrogens is 562 g/mol. The maximum absolute atomic E-state index is 6.59. The zero-order valence-corrected chi connectivity index (χ0v) is 24.9. The van der Waals surface area contributed by atoms with E-state index in [2.05, 4.69) is 133 Å². The average Bonchev–Trinajstić information content (AvgIpc) is 3.81. The number of fused-ring (bicyclic) bond motifs is 11. The van der Waals surface area contributed by atoms with E-state index in [1.54, 1.807) is 0 Å². The van der Waals surface area contributed by atoms with Gasteiger partial charge < -0.3 is 14.5 Å². The second kappa shape index (κ2) is 8.89. The molecule has 0 radical (unpaired) electrons. The van der Waals surface area contributed by atoms with Gasteiger partial charge >= 0.3 is 0 Å². The predicted molar refractivity (Wildman–Crippen MR) is 189 cm³/mol. The largest absolute Gasteiger partial charge is 0.464 e. The van der Waals surface area contributed by atoms with Crippen molar-refractivity contribution in [3.8, 4) is 39.1 Å². The number of ether oxygens (including phenoxy) is 1. The number of allylic oxidation sites excluding steroid dienone is 1. The van der Waals surface area contributed by atoms with Crippen LogP contribution in [-0.4, -0.2) is 0 Å². The maximum Gasteiger partial charge on any atom is 0.196 e. The first kappa shape index (κ1) is 24.5. The number of aryl methyl sites for hydroxylation is 1. The molecule has 1 unspecified atom stereocenters. The topological polar surface area (TPSA) is 34.4 Å². The molecule has 0 spiro atoms. The summed E-state index contributed by atoms with van der Waals surface area (Å²) in [4.78, 5) is 0. The Kier molecular flexibility index (Phi) is 4.74. The monoisotopic (exact) mass is 589 g/mol. The molecule has 3 aliphatic rings. The molecule has 216 valence electrons. The van der Waals surface area contributed by atoms with Crippen LogP contribution in [0.4, 0.5) is 5.69 Å². The van der Waals surface area contributed by atoms with Crippen LogP contribution in [0.5, 0.6) is 5.75 Å². The van der Waals surface area contributed by atoms with Crippen molar-refractivity contribution >= 4 is 55.2 Å². The van der Waals surface area contributed by atoms with Gasteiger partial charge in [-0.25, -0.2) is 0 Å². The second-order valence-corrected chi connectivity index (χ2v) is 12.8. The molecule has 3 heteroatoms. The fourth-order valence-electron chi connectivity index (χ4n) is 8.18. The molecule has 8 aromatic rings. The lowest BCUT2D eigenvalue weighted by Crippen LogP contribution is -2.10. The number of rotatable bonds is 2. The molecule has 7 aromatic carbocycles. The number of benzene rings is 7. The first-order valence-corrected chi connectivity index (χ1v) is 16.1. The molecule has 0 fully saturated rings. The van der Waals surface area contributed by atoms with Gasteiger partial charge in [0.05, 0.1) is 5.69 Å². The molecule has 2 aliphatic carbocycles. The van der Waals surface area contributed by atoms with E-state index in [9.17, 15) is 0 Å². The highest BCUT2D eigenvalue weighted by atomic mass is 16.5. The molecule has 0 amide bonds. The Morgan fingerprint density at radius 2 is 1.50 bits per heavy atom. The summed E-state index contributed by atoms with van der Waals surface area (Å²) in [7, 11) is 0. The third-order valence-corrected chi connectivity index (χ3v) is 10.3. The van der Waals surface area contributed by atoms with E-state index in [-0.39, 0.29) is 6.23 Å². The highest BCUT2D eigenvalue weighted by molar-refractivity contribution is 6.28. The van der Waals surface area contributed by atoms with E-state index in [4.69, 9.17) is 9.15 Å². The Hall–Kier alpha value is -5.80. The van der Waals surface area contributed by atoms with Crippen LogP contribution in [0.1, 0.15) is 29.3 Å². The smallest absolute Gasteiger partial charge is 0.196 e. The number of anilines is 1. The summed E-state index contributed by atoms with van der Waals surface area (Å²) in [5, 5.41) is 11.0. The van der Waals surface area contributed by atoms with Crippen LogP contribution in [-0.2, 0) is 6.42 Å². The van der Waals surface area contributed by atoms with Gasteiger partial charge in [-0.3, -0.25) is 0 Å². The summed E-state index contributed by atoms with van der Waals surface area (Å²) in [5.74, 6) is 0.968. The van der Waals surface area contributed by atoms with Crippen LogP contribution in [0.15, 0.2) is 126 Å². The molecular formula is C43H27NO2. The molecule has 3 nitrogen and oxygen atoms in total. The number of para-hydroxylation sites is 1. The van der Waals surface area contributed by atoms with Gasteiger partial charge in [0.15, 0.2) is 12.0 Å². The van der Waals surface area contributed by atoms with E-state index in [1.165, 1.54) is 71.4 Å². The Balaban J connectivity index is 1.10. The third kappa shape index (κ3) is 3.27. The number of hydrogen-bond donors (Lipinski definition) is 1. The van der Waals surface area contributed by atoms with Crippen LogP contribution in [0.2, 0.25) is 0 Å². The summed E-state index contributed by atoms with van der Waals surface area (Å²) >= 11 is 0. The van der Waals surface area contributed by atoms with Crippen molar-refractivity contribution in [2.75, 3.05) is 5.32 Å². The van der Waals surface area contributed by atoms with Crippen molar-refractivity contribution in [3.05, 3.63) is 138 Å². The van der Waals surface area contributed by atoms with Gasteiger partial charge in [-0.05, 0) is 98.1 Å². The maximum atomic E-state index is 6.59. The molecule has 1 aliphatic heterocycles. The van der Waals surface area contributed by atoms with Crippen molar-refractivity contribution in [3.63, 3.8) is 0 Å². The van der Waals surface area contributed by atoms with Crippen molar-refractivity contribution in [2.45, 2.75) is 19.1 Å². The van der Waals surface area contributed by atoms with Crippen LogP contribution in [0.25, 0.3) is 82.9 Å². The van der Waals surface area contributed by atoms with Crippen molar-refractivity contribution < 1.29 is 9.15 Å². The van der Waals surface area contributed by atoms with Gasteiger partial charge in [-0.2, -0.15) is 0 Å². The number of nitrogens with one attached hydrogen (secondary N) is 1. The van der Waals surface area contributed by atoms with E-state index in [0.717, 1.165) is 46.4 Å². The lowest BCUT2D eigenvalue weighted by Gasteiger charge is -2.16. The van der Waals surface area contributed by atoms with Crippen LogP contribution in [0.3, 0.4) is 0 Å². The molecule has 0 saturated heterocycles. The van der Waals surface area contributed by atoms with E-state index in [1.807, 2.05) is 0 Å². The SMILES string of the molecule is C1=Cc2c(ccc3c2OC(c2ccc4ccc(-c5cc6oc7ccccc7c6c6c5-c5cccc7cccc-6c57)cc4c2)N3)CC1. The van der Waals surface area contributed by atoms with Gasteiger partial charge in [-0.1, -0.05) is 97.1 Å². The predicted octanol–water partition coefficient (Wildman–Crippen LogP) is 11.7.